The molecule has 0 fully saturated rings. The Bertz CT molecular complexity index is 528. The number of methoxy groups -OCH3 is 2. The fourth-order valence-electron chi connectivity index (χ4n) is 1.65. The molecule has 1 heterocycles. The number of rotatable bonds is 4. The Morgan fingerprint density at radius 2 is 1.88 bits per heavy atom. The van der Waals surface area contributed by atoms with Crippen LogP contribution in [0.4, 0.5) is 0 Å². The van der Waals surface area contributed by atoms with Gasteiger partial charge in [0, 0.05) is 5.56 Å². The number of benzene rings is 1. The van der Waals surface area contributed by atoms with Crippen LogP contribution in [0.2, 0.25) is 0 Å². The highest BCUT2D eigenvalue weighted by molar-refractivity contribution is 5.84. The van der Waals surface area contributed by atoms with E-state index in [1.165, 1.54) is 6.26 Å². The molecule has 0 aliphatic rings. The van der Waals surface area contributed by atoms with Crippen molar-refractivity contribution < 1.29 is 18.7 Å². The van der Waals surface area contributed by atoms with Crippen molar-refractivity contribution in [2.24, 2.45) is 0 Å². The van der Waals surface area contributed by atoms with E-state index in [0.717, 1.165) is 11.1 Å². The van der Waals surface area contributed by atoms with E-state index >= 15 is 0 Å². The molecule has 0 atom stereocenters. The zero-order chi connectivity index (χ0) is 12.3. The van der Waals surface area contributed by atoms with Crippen LogP contribution < -0.4 is 9.47 Å². The van der Waals surface area contributed by atoms with Gasteiger partial charge in [-0.15, -0.1) is 0 Å². The average Bonchev–Trinajstić information content (AvgIpc) is 2.86. The van der Waals surface area contributed by atoms with Gasteiger partial charge in [0.1, 0.15) is 0 Å². The zero-order valence-electron chi connectivity index (χ0n) is 9.60. The van der Waals surface area contributed by atoms with Crippen LogP contribution in [-0.4, -0.2) is 20.5 Å². The highest BCUT2D eigenvalue weighted by Crippen LogP contribution is 2.33. The Hall–Kier alpha value is -2.23. The van der Waals surface area contributed by atoms with Gasteiger partial charge in [-0.05, 0) is 23.8 Å². The van der Waals surface area contributed by atoms with E-state index < -0.39 is 0 Å². The fourth-order valence-corrected chi connectivity index (χ4v) is 1.65. The molecule has 2 rings (SSSR count). The van der Waals surface area contributed by atoms with Gasteiger partial charge in [0.2, 0.25) is 0 Å². The Labute approximate surface area is 98.8 Å². The first-order chi connectivity index (χ1) is 8.30. The van der Waals surface area contributed by atoms with E-state index in [-0.39, 0.29) is 0 Å². The molecule has 17 heavy (non-hydrogen) atoms. The lowest BCUT2D eigenvalue weighted by Crippen LogP contribution is -1.91. The van der Waals surface area contributed by atoms with E-state index in [2.05, 4.69) is 0 Å². The monoisotopic (exact) mass is 232 g/mol. The second-order valence-electron chi connectivity index (χ2n) is 3.39. The quantitative estimate of drug-likeness (QED) is 0.760. The lowest BCUT2D eigenvalue weighted by molar-refractivity contribution is 0.110. The third kappa shape index (κ3) is 2.01. The molecular weight excluding hydrogens is 220 g/mol. The van der Waals surface area contributed by atoms with E-state index in [4.69, 9.17) is 13.9 Å². The SMILES string of the molecule is COc1ccc(-c2ccoc2C=O)cc1OC. The first kappa shape index (κ1) is 11.3. The number of carbonyl (C=O) groups excluding carboxylic acids is 1. The third-order valence-electron chi connectivity index (χ3n) is 2.50. The normalized spacial score (nSPS) is 10.0. The molecule has 0 bridgehead atoms. The molecule has 0 aliphatic carbocycles. The van der Waals surface area contributed by atoms with Gasteiger partial charge in [0.15, 0.2) is 23.5 Å². The van der Waals surface area contributed by atoms with Gasteiger partial charge in [-0.25, -0.2) is 0 Å². The van der Waals surface area contributed by atoms with Crippen molar-refractivity contribution in [2.45, 2.75) is 0 Å². The van der Waals surface area contributed by atoms with Gasteiger partial charge < -0.3 is 13.9 Å². The molecule has 1 aromatic heterocycles. The highest BCUT2D eigenvalue weighted by atomic mass is 16.5. The van der Waals surface area contributed by atoms with Crippen LogP contribution in [0.5, 0.6) is 11.5 Å². The summed E-state index contributed by atoms with van der Waals surface area (Å²) in [6, 6.07) is 7.18. The molecule has 0 radical (unpaired) electrons. The molecular formula is C13H12O4. The fraction of sp³-hybridized carbons (Fsp3) is 0.154. The summed E-state index contributed by atoms with van der Waals surface area (Å²) in [6.07, 6.45) is 2.17. The van der Waals surface area contributed by atoms with Gasteiger partial charge in [0.25, 0.3) is 0 Å². The van der Waals surface area contributed by atoms with Crippen LogP contribution in [0.25, 0.3) is 11.1 Å². The summed E-state index contributed by atoms with van der Waals surface area (Å²) < 4.78 is 15.4. The maximum atomic E-state index is 10.8. The number of aldehydes is 1. The molecule has 4 heteroatoms. The van der Waals surface area contributed by atoms with Crippen LogP contribution in [0.1, 0.15) is 10.6 Å². The molecule has 1 aromatic carbocycles. The first-order valence-corrected chi connectivity index (χ1v) is 5.05. The van der Waals surface area contributed by atoms with E-state index in [1.807, 2.05) is 6.07 Å². The van der Waals surface area contributed by atoms with Gasteiger partial charge >= 0.3 is 0 Å². The van der Waals surface area contributed by atoms with Crippen molar-refractivity contribution >= 4 is 6.29 Å². The molecule has 0 N–H and O–H groups in total. The average molecular weight is 232 g/mol. The predicted octanol–water partition coefficient (Wildman–Crippen LogP) is 2.78. The highest BCUT2D eigenvalue weighted by Gasteiger charge is 2.11. The maximum absolute atomic E-state index is 10.8. The van der Waals surface area contributed by atoms with Gasteiger partial charge in [-0.1, -0.05) is 6.07 Å². The summed E-state index contributed by atoms with van der Waals surface area (Å²) >= 11 is 0. The summed E-state index contributed by atoms with van der Waals surface area (Å²) in [6.45, 7) is 0. The number of ether oxygens (including phenoxy) is 2. The molecule has 0 aliphatic heterocycles. The molecule has 2 aromatic rings. The van der Waals surface area contributed by atoms with Gasteiger partial charge in [-0.2, -0.15) is 0 Å². The minimum absolute atomic E-state index is 0.303. The minimum atomic E-state index is 0.303. The Balaban J connectivity index is 2.50. The van der Waals surface area contributed by atoms with Crippen molar-refractivity contribution in [3.8, 4) is 22.6 Å². The molecule has 0 amide bonds. The van der Waals surface area contributed by atoms with Crippen molar-refractivity contribution in [3.63, 3.8) is 0 Å². The number of carbonyl (C=O) groups is 1. The molecule has 0 unspecified atom stereocenters. The van der Waals surface area contributed by atoms with Crippen LogP contribution in [-0.2, 0) is 0 Å². The smallest absolute Gasteiger partial charge is 0.185 e. The van der Waals surface area contributed by atoms with E-state index in [9.17, 15) is 4.79 Å². The summed E-state index contributed by atoms with van der Waals surface area (Å²) in [5.41, 5.74) is 1.58. The first-order valence-electron chi connectivity index (χ1n) is 5.05. The molecule has 4 nitrogen and oxygen atoms in total. The Morgan fingerprint density at radius 3 is 2.53 bits per heavy atom. The van der Waals surface area contributed by atoms with Gasteiger partial charge in [0.05, 0.1) is 20.5 Å². The van der Waals surface area contributed by atoms with Crippen molar-refractivity contribution in [1.29, 1.82) is 0 Å². The zero-order valence-corrected chi connectivity index (χ0v) is 9.60. The topological polar surface area (TPSA) is 48.7 Å². The summed E-state index contributed by atoms with van der Waals surface area (Å²) in [5, 5.41) is 0. The number of hydrogen-bond donors (Lipinski definition) is 0. The third-order valence-corrected chi connectivity index (χ3v) is 2.50. The molecule has 0 saturated carbocycles. The number of furan rings is 1. The second-order valence-corrected chi connectivity index (χ2v) is 3.39. The van der Waals surface area contributed by atoms with Crippen LogP contribution in [0.3, 0.4) is 0 Å². The van der Waals surface area contributed by atoms with Crippen LogP contribution >= 0.6 is 0 Å². The lowest BCUT2D eigenvalue weighted by atomic mass is 10.1. The summed E-state index contributed by atoms with van der Waals surface area (Å²) in [4.78, 5) is 10.8. The molecule has 0 spiro atoms. The summed E-state index contributed by atoms with van der Waals surface area (Å²) in [5.74, 6) is 1.56. The maximum Gasteiger partial charge on any atom is 0.185 e. The predicted molar refractivity (Wildman–Crippen MR) is 62.6 cm³/mol. The standard InChI is InChI=1S/C13H12O4/c1-15-11-4-3-9(7-12(11)16-2)10-5-6-17-13(10)8-14/h3-8H,1-2H3. The number of hydrogen-bond acceptors (Lipinski definition) is 4. The lowest BCUT2D eigenvalue weighted by Gasteiger charge is -2.08. The van der Waals surface area contributed by atoms with E-state index in [1.54, 1.807) is 32.4 Å². The minimum Gasteiger partial charge on any atom is -0.493 e. The van der Waals surface area contributed by atoms with Crippen molar-refractivity contribution in [1.82, 2.24) is 0 Å². The van der Waals surface area contributed by atoms with E-state index in [0.29, 0.717) is 23.5 Å². The second kappa shape index (κ2) is 4.74. The van der Waals surface area contributed by atoms with Crippen LogP contribution in [0, 0.1) is 0 Å². The van der Waals surface area contributed by atoms with Crippen molar-refractivity contribution in [2.75, 3.05) is 14.2 Å². The van der Waals surface area contributed by atoms with Gasteiger partial charge in [-0.3, -0.25) is 4.79 Å². The molecule has 88 valence electrons. The molecule has 0 saturated heterocycles. The van der Waals surface area contributed by atoms with Crippen molar-refractivity contribution in [3.05, 3.63) is 36.3 Å². The largest absolute Gasteiger partial charge is 0.493 e. The Kier molecular flexibility index (Phi) is 3.14. The summed E-state index contributed by atoms with van der Waals surface area (Å²) in [7, 11) is 3.14. The van der Waals surface area contributed by atoms with Crippen LogP contribution in [0.15, 0.2) is 34.9 Å². The Morgan fingerprint density at radius 1 is 1.12 bits per heavy atom.